The van der Waals surface area contributed by atoms with Gasteiger partial charge in [-0.15, -0.1) is 0 Å². The molecule has 4 rings (SSSR count). The van der Waals surface area contributed by atoms with Crippen molar-refractivity contribution in [2.24, 2.45) is 0 Å². The largest absolute Gasteiger partial charge is 0.481 e. The summed E-state index contributed by atoms with van der Waals surface area (Å²) in [6, 6.07) is 9.08. The van der Waals surface area contributed by atoms with Crippen molar-refractivity contribution in [2.45, 2.75) is 31.9 Å². The zero-order valence-electron chi connectivity index (χ0n) is 21.0. The Kier molecular flexibility index (Phi) is 8.12. The van der Waals surface area contributed by atoms with E-state index in [1.807, 2.05) is 0 Å². The second kappa shape index (κ2) is 11.4. The second-order valence-electron chi connectivity index (χ2n) is 8.70. The van der Waals surface area contributed by atoms with Gasteiger partial charge in [0.05, 0.1) is 5.56 Å². The van der Waals surface area contributed by atoms with Gasteiger partial charge in [-0.3, -0.25) is 4.79 Å². The summed E-state index contributed by atoms with van der Waals surface area (Å²) in [5.74, 6) is -1.67. The van der Waals surface area contributed by atoms with Gasteiger partial charge in [0, 0.05) is 41.3 Å². The maximum Gasteiger partial charge on any atom is 0.425 e. The molecule has 0 radical (unpaired) electrons. The molecule has 218 valence electrons. The molecule has 0 unspecified atom stereocenters. The van der Waals surface area contributed by atoms with E-state index in [2.05, 4.69) is 25.5 Å². The molecule has 2 heterocycles. The third-order valence-electron chi connectivity index (χ3n) is 5.81. The molecule has 0 aliphatic rings. The maximum absolute atomic E-state index is 13.7. The molecule has 0 aliphatic heterocycles. The molecule has 4 aromatic rings. The zero-order valence-corrected chi connectivity index (χ0v) is 21.0. The number of alkyl halides is 6. The molecule has 2 aromatic heterocycles. The van der Waals surface area contributed by atoms with Gasteiger partial charge in [-0.2, -0.15) is 31.3 Å². The highest BCUT2D eigenvalue weighted by Crippen LogP contribution is 2.40. The average molecular weight is 585 g/mol. The Morgan fingerprint density at radius 2 is 1.80 bits per heavy atom. The van der Waals surface area contributed by atoms with Crippen LogP contribution in [-0.4, -0.2) is 57.2 Å². The van der Waals surface area contributed by atoms with Crippen LogP contribution in [0.5, 0.6) is 5.75 Å². The minimum atomic E-state index is -5.03. The van der Waals surface area contributed by atoms with Crippen molar-refractivity contribution in [3.05, 3.63) is 54.2 Å². The lowest BCUT2D eigenvalue weighted by molar-refractivity contribution is -0.191. The molecule has 0 saturated carbocycles. The minimum absolute atomic E-state index is 0.0205. The fourth-order valence-electron chi connectivity index (χ4n) is 3.83. The molecule has 0 bridgehead atoms. The number of aromatic nitrogens is 3. The first kappa shape index (κ1) is 29.2. The van der Waals surface area contributed by atoms with E-state index < -0.39 is 35.9 Å². The van der Waals surface area contributed by atoms with Crippen LogP contribution in [-0.2, 0) is 17.5 Å². The smallest absolute Gasteiger partial charge is 0.425 e. The number of halogens is 6. The van der Waals surface area contributed by atoms with Crippen LogP contribution in [0.15, 0.2) is 53.2 Å². The van der Waals surface area contributed by atoms with Gasteiger partial charge in [-0.1, -0.05) is 17.3 Å². The van der Waals surface area contributed by atoms with Crippen LogP contribution >= 0.6 is 0 Å². The number of carbonyl (C=O) groups is 2. The number of carbonyl (C=O) groups excluding carboxylic acids is 1. The van der Waals surface area contributed by atoms with E-state index in [0.717, 1.165) is 12.1 Å². The Morgan fingerprint density at radius 3 is 2.49 bits per heavy atom. The molecule has 41 heavy (non-hydrogen) atoms. The van der Waals surface area contributed by atoms with Gasteiger partial charge in [0.2, 0.25) is 11.7 Å². The molecule has 3 N–H and O–H groups in total. The number of benzene rings is 2. The quantitative estimate of drug-likeness (QED) is 0.184. The zero-order chi connectivity index (χ0) is 29.9. The summed E-state index contributed by atoms with van der Waals surface area (Å²) in [6.45, 7) is 0.633. The van der Waals surface area contributed by atoms with Crippen molar-refractivity contribution >= 4 is 22.9 Å². The van der Waals surface area contributed by atoms with Crippen LogP contribution in [0.2, 0.25) is 0 Å². The first-order valence-electron chi connectivity index (χ1n) is 11.8. The van der Waals surface area contributed by atoms with Crippen LogP contribution < -0.4 is 15.4 Å². The standard InChI is InChI=1S/C25H21F6N5O5/c1-13(24(26,27)28)40-19-6-5-14(11-17(19)25(29,30)31)22-34-21(35-41-22)16-3-2-4-18-15(16)7-10-36(18)12-20(37)32-8-9-33-23(38)39/h2-7,10-11,13,33H,8-9,12H2,1H3,(H,32,37)(H,38,39)/t13-/m0/s1. The Hall–Kier alpha value is -4.76. The summed E-state index contributed by atoms with van der Waals surface area (Å²) in [5.41, 5.74) is -0.589. The fourth-order valence-corrected chi connectivity index (χ4v) is 3.83. The van der Waals surface area contributed by atoms with E-state index in [1.54, 1.807) is 35.0 Å². The molecule has 0 saturated heterocycles. The number of ether oxygens (including phenoxy) is 1. The van der Waals surface area contributed by atoms with Crippen LogP contribution in [0.1, 0.15) is 12.5 Å². The highest BCUT2D eigenvalue weighted by molar-refractivity contribution is 5.94. The number of amides is 2. The van der Waals surface area contributed by atoms with Crippen molar-refractivity contribution < 1.29 is 50.3 Å². The number of fused-ring (bicyclic) bond motifs is 1. The Bertz CT molecular complexity index is 1560. The predicted octanol–water partition coefficient (Wildman–Crippen LogP) is 5.09. The number of carboxylic acid groups (broad SMARTS) is 1. The van der Waals surface area contributed by atoms with Crippen molar-refractivity contribution in [3.8, 4) is 28.6 Å². The molecule has 16 heteroatoms. The molecule has 2 amide bonds. The van der Waals surface area contributed by atoms with Crippen molar-refractivity contribution in [2.75, 3.05) is 13.1 Å². The molecule has 1 atom stereocenters. The lowest BCUT2D eigenvalue weighted by Crippen LogP contribution is -2.35. The molecule has 0 spiro atoms. The number of hydrogen-bond donors (Lipinski definition) is 3. The Balaban J connectivity index is 1.57. The average Bonchev–Trinajstić information content (AvgIpc) is 3.53. The van der Waals surface area contributed by atoms with Crippen LogP contribution in [0.4, 0.5) is 31.1 Å². The summed E-state index contributed by atoms with van der Waals surface area (Å²) in [7, 11) is 0. The molecular formula is C25H21F6N5O5. The van der Waals surface area contributed by atoms with Crippen LogP contribution in [0, 0.1) is 0 Å². The van der Waals surface area contributed by atoms with E-state index in [9.17, 15) is 35.9 Å². The fraction of sp³-hybridized carbons (Fsp3) is 0.280. The van der Waals surface area contributed by atoms with Crippen molar-refractivity contribution in [1.29, 1.82) is 0 Å². The minimum Gasteiger partial charge on any atom is -0.481 e. The second-order valence-corrected chi connectivity index (χ2v) is 8.70. The number of nitrogens with zero attached hydrogens (tertiary/aromatic N) is 3. The van der Waals surface area contributed by atoms with Gasteiger partial charge in [0.25, 0.3) is 5.89 Å². The summed E-state index contributed by atoms with van der Waals surface area (Å²) in [5, 5.41) is 17.7. The SMILES string of the molecule is C[C@H](Oc1ccc(-c2nc(-c3cccc4c3ccn4CC(=O)NCCNC(=O)O)no2)cc1C(F)(F)F)C(F)(F)F. The summed E-state index contributed by atoms with van der Waals surface area (Å²) in [4.78, 5) is 26.9. The van der Waals surface area contributed by atoms with Gasteiger partial charge >= 0.3 is 18.4 Å². The molecule has 10 nitrogen and oxygen atoms in total. The summed E-state index contributed by atoms with van der Waals surface area (Å²) >= 11 is 0. The lowest BCUT2D eigenvalue weighted by Gasteiger charge is -2.20. The number of nitrogens with one attached hydrogen (secondary N) is 2. The summed E-state index contributed by atoms with van der Waals surface area (Å²) < 4.78 is 90.9. The molecule has 0 aliphatic carbocycles. The van der Waals surface area contributed by atoms with E-state index >= 15 is 0 Å². The van der Waals surface area contributed by atoms with E-state index in [-0.39, 0.29) is 42.8 Å². The number of rotatable bonds is 9. The van der Waals surface area contributed by atoms with Gasteiger partial charge in [0.15, 0.2) is 6.10 Å². The van der Waals surface area contributed by atoms with Gasteiger partial charge in [-0.05, 0) is 37.3 Å². The predicted molar refractivity (Wildman–Crippen MR) is 131 cm³/mol. The van der Waals surface area contributed by atoms with E-state index in [1.165, 1.54) is 0 Å². The van der Waals surface area contributed by atoms with Crippen molar-refractivity contribution in [1.82, 2.24) is 25.3 Å². The van der Waals surface area contributed by atoms with Gasteiger partial charge in [-0.25, -0.2) is 4.79 Å². The number of hydrogen-bond acceptors (Lipinski definition) is 6. The van der Waals surface area contributed by atoms with E-state index in [0.29, 0.717) is 29.5 Å². The van der Waals surface area contributed by atoms with Crippen LogP contribution in [0.3, 0.4) is 0 Å². The van der Waals surface area contributed by atoms with E-state index in [4.69, 9.17) is 9.63 Å². The van der Waals surface area contributed by atoms with Crippen LogP contribution in [0.25, 0.3) is 33.7 Å². The first-order chi connectivity index (χ1) is 19.2. The topological polar surface area (TPSA) is 132 Å². The summed E-state index contributed by atoms with van der Waals surface area (Å²) in [6.07, 6.45) is -12.0. The molecule has 0 fully saturated rings. The third kappa shape index (κ3) is 6.88. The van der Waals surface area contributed by atoms with Gasteiger partial charge in [0.1, 0.15) is 12.3 Å². The van der Waals surface area contributed by atoms with Crippen molar-refractivity contribution in [3.63, 3.8) is 0 Å². The monoisotopic (exact) mass is 585 g/mol. The third-order valence-corrected chi connectivity index (χ3v) is 5.81. The Morgan fingerprint density at radius 1 is 1.07 bits per heavy atom. The normalized spacial score (nSPS) is 12.8. The molecular weight excluding hydrogens is 564 g/mol. The van der Waals surface area contributed by atoms with Gasteiger partial charge < -0.3 is 29.6 Å². The highest BCUT2D eigenvalue weighted by atomic mass is 19.4. The Labute approximate surface area is 226 Å². The molecule has 2 aromatic carbocycles. The maximum atomic E-state index is 13.7. The first-order valence-corrected chi connectivity index (χ1v) is 11.8. The highest BCUT2D eigenvalue weighted by Gasteiger charge is 2.41. The lowest BCUT2D eigenvalue weighted by atomic mass is 10.1.